The number of rotatable bonds is 4. The molecule has 0 aliphatic heterocycles. The van der Waals surface area contributed by atoms with Crippen LogP contribution in [0.15, 0.2) is 0 Å². The van der Waals surface area contributed by atoms with Gasteiger partial charge in [-0.1, -0.05) is 26.7 Å². The highest BCUT2D eigenvalue weighted by atomic mass is 35.5. The van der Waals surface area contributed by atoms with Crippen molar-refractivity contribution in [2.75, 3.05) is 12.4 Å². The molecule has 0 heterocycles. The topological polar surface area (TPSA) is 20.3 Å². The van der Waals surface area contributed by atoms with E-state index in [0.717, 1.165) is 19.4 Å². The molecule has 1 fully saturated rings. The van der Waals surface area contributed by atoms with Gasteiger partial charge in [0.2, 0.25) is 5.91 Å². The predicted octanol–water partition coefficient (Wildman–Crippen LogP) is 2.65. The van der Waals surface area contributed by atoms with Gasteiger partial charge in [-0.15, -0.1) is 11.6 Å². The average molecular weight is 218 g/mol. The summed E-state index contributed by atoms with van der Waals surface area (Å²) in [6.07, 6.45) is 4.84. The van der Waals surface area contributed by atoms with Crippen LogP contribution in [-0.4, -0.2) is 29.3 Å². The molecular weight excluding hydrogens is 198 g/mol. The normalized spacial score (nSPS) is 17.7. The molecule has 0 bridgehead atoms. The van der Waals surface area contributed by atoms with E-state index in [0.29, 0.717) is 12.0 Å². The molecule has 2 nitrogen and oxygen atoms in total. The summed E-state index contributed by atoms with van der Waals surface area (Å²) >= 11 is 5.62. The maximum Gasteiger partial charge on any atom is 0.237 e. The quantitative estimate of drug-likeness (QED) is 0.663. The highest BCUT2D eigenvalue weighted by Gasteiger charge is 2.26. The first-order valence-corrected chi connectivity index (χ1v) is 6.04. The Bertz CT molecular complexity index is 188. The van der Waals surface area contributed by atoms with E-state index in [1.165, 1.54) is 12.8 Å². The summed E-state index contributed by atoms with van der Waals surface area (Å²) in [7, 11) is 0. The molecule has 14 heavy (non-hydrogen) atoms. The van der Waals surface area contributed by atoms with Crippen LogP contribution in [0.1, 0.15) is 39.5 Å². The van der Waals surface area contributed by atoms with Crippen molar-refractivity contribution in [2.45, 2.75) is 45.6 Å². The molecule has 0 aromatic rings. The molecule has 0 saturated heterocycles. The lowest BCUT2D eigenvalue weighted by atomic mass is 10.1. The second kappa shape index (κ2) is 5.59. The summed E-state index contributed by atoms with van der Waals surface area (Å²) in [4.78, 5) is 13.6. The molecule has 3 heteroatoms. The van der Waals surface area contributed by atoms with Gasteiger partial charge in [-0.25, -0.2) is 0 Å². The summed E-state index contributed by atoms with van der Waals surface area (Å²) in [6.45, 7) is 5.14. The molecule has 0 aromatic heterocycles. The number of alkyl halides is 1. The van der Waals surface area contributed by atoms with E-state index in [2.05, 4.69) is 13.8 Å². The number of amides is 1. The molecule has 0 spiro atoms. The van der Waals surface area contributed by atoms with Gasteiger partial charge in [0.25, 0.3) is 0 Å². The zero-order valence-corrected chi connectivity index (χ0v) is 9.89. The molecule has 0 unspecified atom stereocenters. The molecular formula is C11H20ClNO. The highest BCUT2D eigenvalue weighted by molar-refractivity contribution is 6.27. The number of carbonyl (C=O) groups excluding carboxylic acids is 1. The summed E-state index contributed by atoms with van der Waals surface area (Å²) in [5.74, 6) is 0.762. The summed E-state index contributed by atoms with van der Waals surface area (Å²) in [6, 6.07) is 0.462. The summed E-state index contributed by atoms with van der Waals surface area (Å²) < 4.78 is 0. The minimum Gasteiger partial charge on any atom is -0.338 e. The Morgan fingerprint density at radius 3 is 2.43 bits per heavy atom. The number of hydrogen-bond acceptors (Lipinski definition) is 1. The number of hydrogen-bond donors (Lipinski definition) is 0. The van der Waals surface area contributed by atoms with Crippen LogP contribution >= 0.6 is 11.6 Å². The molecule has 1 aliphatic rings. The van der Waals surface area contributed by atoms with Crippen LogP contribution in [0.25, 0.3) is 0 Å². The lowest BCUT2D eigenvalue weighted by Gasteiger charge is -2.30. The molecule has 0 radical (unpaired) electrons. The number of nitrogens with zero attached hydrogens (tertiary/aromatic N) is 1. The summed E-state index contributed by atoms with van der Waals surface area (Å²) in [5.41, 5.74) is 0. The van der Waals surface area contributed by atoms with Gasteiger partial charge in [0.1, 0.15) is 5.88 Å². The molecule has 1 amide bonds. The highest BCUT2D eigenvalue weighted by Crippen LogP contribution is 2.24. The van der Waals surface area contributed by atoms with Crippen molar-refractivity contribution >= 4 is 17.5 Å². The lowest BCUT2D eigenvalue weighted by Crippen LogP contribution is -2.41. The Hall–Kier alpha value is -0.240. The second-order valence-corrected chi connectivity index (χ2v) is 4.78. The Balaban J connectivity index is 2.55. The van der Waals surface area contributed by atoms with Gasteiger partial charge in [0, 0.05) is 12.6 Å². The van der Waals surface area contributed by atoms with Gasteiger partial charge in [-0.3, -0.25) is 4.79 Å². The first kappa shape index (κ1) is 11.8. The fraction of sp³-hybridized carbons (Fsp3) is 0.909. The van der Waals surface area contributed by atoms with E-state index >= 15 is 0 Å². The minimum atomic E-state index is 0.104. The molecule has 82 valence electrons. The first-order chi connectivity index (χ1) is 6.65. The zero-order chi connectivity index (χ0) is 10.6. The lowest BCUT2D eigenvalue weighted by molar-refractivity contribution is -0.131. The van der Waals surface area contributed by atoms with E-state index < -0.39 is 0 Å². The second-order valence-electron chi connectivity index (χ2n) is 4.51. The van der Waals surface area contributed by atoms with Gasteiger partial charge >= 0.3 is 0 Å². The average Bonchev–Trinajstić information content (AvgIpc) is 2.65. The van der Waals surface area contributed by atoms with Crippen molar-refractivity contribution in [3.63, 3.8) is 0 Å². The largest absolute Gasteiger partial charge is 0.338 e. The third-order valence-electron chi connectivity index (χ3n) is 2.76. The molecule has 0 atom stereocenters. The van der Waals surface area contributed by atoms with Crippen LogP contribution in [0.4, 0.5) is 0 Å². The molecule has 0 N–H and O–H groups in total. The standard InChI is InChI=1S/C11H20ClNO/c1-9(2)8-13(11(14)7-12)10-5-3-4-6-10/h9-10H,3-8H2,1-2H3. The maximum absolute atomic E-state index is 11.6. The van der Waals surface area contributed by atoms with Gasteiger partial charge in [-0.05, 0) is 18.8 Å². The van der Waals surface area contributed by atoms with Crippen molar-refractivity contribution in [2.24, 2.45) is 5.92 Å². The van der Waals surface area contributed by atoms with Crippen LogP contribution in [0.2, 0.25) is 0 Å². The predicted molar refractivity (Wildman–Crippen MR) is 59.5 cm³/mol. The van der Waals surface area contributed by atoms with E-state index in [-0.39, 0.29) is 11.8 Å². The van der Waals surface area contributed by atoms with Crippen molar-refractivity contribution in [1.82, 2.24) is 4.90 Å². The minimum absolute atomic E-state index is 0.104. The molecule has 0 aromatic carbocycles. The van der Waals surface area contributed by atoms with Gasteiger partial charge in [-0.2, -0.15) is 0 Å². The number of halogens is 1. The van der Waals surface area contributed by atoms with Gasteiger partial charge in [0.05, 0.1) is 0 Å². The van der Waals surface area contributed by atoms with Gasteiger partial charge < -0.3 is 4.90 Å². The van der Waals surface area contributed by atoms with E-state index in [1.54, 1.807) is 0 Å². The van der Waals surface area contributed by atoms with Crippen LogP contribution < -0.4 is 0 Å². The summed E-state index contributed by atoms with van der Waals surface area (Å²) in [5, 5.41) is 0. The van der Waals surface area contributed by atoms with Crippen LogP contribution in [0.3, 0.4) is 0 Å². The number of carbonyl (C=O) groups is 1. The zero-order valence-electron chi connectivity index (χ0n) is 9.13. The third kappa shape index (κ3) is 3.16. The molecule has 1 saturated carbocycles. The van der Waals surface area contributed by atoms with Crippen molar-refractivity contribution in [3.8, 4) is 0 Å². The third-order valence-corrected chi connectivity index (χ3v) is 2.99. The Kier molecular flexibility index (Phi) is 4.73. The SMILES string of the molecule is CC(C)CN(C(=O)CCl)C1CCCC1. The fourth-order valence-electron chi connectivity index (χ4n) is 2.14. The van der Waals surface area contributed by atoms with E-state index in [4.69, 9.17) is 11.6 Å². The van der Waals surface area contributed by atoms with E-state index in [1.807, 2.05) is 4.90 Å². The van der Waals surface area contributed by atoms with E-state index in [9.17, 15) is 4.79 Å². The Morgan fingerprint density at radius 1 is 1.43 bits per heavy atom. The first-order valence-electron chi connectivity index (χ1n) is 5.50. The fourth-order valence-corrected chi connectivity index (χ4v) is 2.29. The van der Waals surface area contributed by atoms with Crippen molar-refractivity contribution < 1.29 is 4.79 Å². The maximum atomic E-state index is 11.6. The smallest absolute Gasteiger partial charge is 0.237 e. The van der Waals surface area contributed by atoms with Crippen LogP contribution in [-0.2, 0) is 4.79 Å². The van der Waals surface area contributed by atoms with Crippen molar-refractivity contribution in [3.05, 3.63) is 0 Å². The van der Waals surface area contributed by atoms with Crippen LogP contribution in [0, 0.1) is 5.92 Å². The Labute approximate surface area is 91.6 Å². The monoisotopic (exact) mass is 217 g/mol. The van der Waals surface area contributed by atoms with Gasteiger partial charge in [0.15, 0.2) is 0 Å². The molecule has 1 aliphatic carbocycles. The van der Waals surface area contributed by atoms with Crippen molar-refractivity contribution in [1.29, 1.82) is 0 Å². The molecule has 1 rings (SSSR count). The Morgan fingerprint density at radius 2 is 2.00 bits per heavy atom. The van der Waals surface area contributed by atoms with Crippen LogP contribution in [0.5, 0.6) is 0 Å².